The fourth-order valence-electron chi connectivity index (χ4n) is 4.65. The van der Waals surface area contributed by atoms with Crippen LogP contribution in [0.15, 0.2) is 11.6 Å². The van der Waals surface area contributed by atoms with Crippen LogP contribution in [0.2, 0.25) is 0 Å². The molecule has 0 radical (unpaired) electrons. The second kappa shape index (κ2) is 4.17. The molecule has 2 aliphatic rings. The lowest BCUT2D eigenvalue weighted by Gasteiger charge is -2.56. The quantitative estimate of drug-likeness (QED) is 0.749. The zero-order valence-electron chi connectivity index (χ0n) is 11.7. The highest BCUT2D eigenvalue weighted by molar-refractivity contribution is 5.95. The maximum Gasteiger partial charge on any atom is 0.159 e. The molecular formula is C15H24O3. The number of rotatable bonds is 1. The molecule has 1 saturated carbocycles. The maximum absolute atomic E-state index is 12.4. The SMILES string of the molecule is CC1=CC(=O)[C@H]2C(C)(C)C[C@@H](O)C[C@]2(C)[C@@H]1CO. The van der Waals surface area contributed by atoms with E-state index in [1.807, 2.05) is 6.92 Å². The van der Waals surface area contributed by atoms with Gasteiger partial charge in [-0.1, -0.05) is 26.3 Å². The predicted molar refractivity (Wildman–Crippen MR) is 70.0 cm³/mol. The van der Waals surface area contributed by atoms with Gasteiger partial charge in [0, 0.05) is 11.8 Å². The first-order valence-corrected chi connectivity index (χ1v) is 6.73. The van der Waals surface area contributed by atoms with E-state index in [9.17, 15) is 15.0 Å². The monoisotopic (exact) mass is 252 g/mol. The molecule has 2 N–H and O–H groups in total. The number of ketones is 1. The normalized spacial score (nSPS) is 43.3. The molecule has 0 bridgehead atoms. The van der Waals surface area contributed by atoms with Gasteiger partial charge in [-0.05, 0) is 36.7 Å². The van der Waals surface area contributed by atoms with Crippen LogP contribution in [-0.2, 0) is 4.79 Å². The molecule has 102 valence electrons. The number of carbonyl (C=O) groups is 1. The number of allylic oxidation sites excluding steroid dienone is 1. The summed E-state index contributed by atoms with van der Waals surface area (Å²) in [7, 11) is 0. The topological polar surface area (TPSA) is 57.5 Å². The highest BCUT2D eigenvalue weighted by Crippen LogP contribution is 2.58. The van der Waals surface area contributed by atoms with Crippen molar-refractivity contribution in [2.24, 2.45) is 22.7 Å². The van der Waals surface area contributed by atoms with Crippen molar-refractivity contribution < 1.29 is 15.0 Å². The van der Waals surface area contributed by atoms with E-state index in [0.717, 1.165) is 5.57 Å². The average molecular weight is 252 g/mol. The van der Waals surface area contributed by atoms with Crippen LogP contribution in [0.25, 0.3) is 0 Å². The molecule has 1 fully saturated rings. The van der Waals surface area contributed by atoms with Crippen molar-refractivity contribution in [3.63, 3.8) is 0 Å². The Kier molecular flexibility index (Phi) is 3.19. The molecular weight excluding hydrogens is 228 g/mol. The first kappa shape index (κ1) is 13.8. The Balaban J connectivity index is 2.54. The van der Waals surface area contributed by atoms with Gasteiger partial charge in [-0.3, -0.25) is 4.79 Å². The van der Waals surface area contributed by atoms with Gasteiger partial charge in [-0.25, -0.2) is 0 Å². The molecule has 18 heavy (non-hydrogen) atoms. The Morgan fingerprint density at radius 3 is 2.50 bits per heavy atom. The molecule has 0 unspecified atom stereocenters. The van der Waals surface area contributed by atoms with Crippen LogP contribution in [0, 0.1) is 22.7 Å². The largest absolute Gasteiger partial charge is 0.396 e. The molecule has 0 aromatic rings. The van der Waals surface area contributed by atoms with E-state index in [0.29, 0.717) is 12.8 Å². The molecule has 0 aromatic heterocycles. The fourth-order valence-corrected chi connectivity index (χ4v) is 4.65. The molecule has 0 amide bonds. The third-order valence-corrected chi connectivity index (χ3v) is 5.06. The van der Waals surface area contributed by atoms with Gasteiger partial charge in [0.1, 0.15) is 0 Å². The van der Waals surface area contributed by atoms with Gasteiger partial charge in [0.05, 0.1) is 12.7 Å². The van der Waals surface area contributed by atoms with Crippen LogP contribution in [0.3, 0.4) is 0 Å². The molecule has 3 nitrogen and oxygen atoms in total. The van der Waals surface area contributed by atoms with Crippen LogP contribution >= 0.6 is 0 Å². The Bertz CT molecular complexity index is 397. The second-order valence-electron chi connectivity index (χ2n) is 7.02. The van der Waals surface area contributed by atoms with Crippen LogP contribution < -0.4 is 0 Å². The summed E-state index contributed by atoms with van der Waals surface area (Å²) < 4.78 is 0. The Morgan fingerprint density at radius 1 is 1.33 bits per heavy atom. The zero-order chi connectivity index (χ0) is 13.7. The summed E-state index contributed by atoms with van der Waals surface area (Å²) in [5, 5.41) is 19.8. The fraction of sp³-hybridized carbons (Fsp3) is 0.800. The molecule has 0 spiro atoms. The molecule has 0 aliphatic heterocycles. The van der Waals surface area contributed by atoms with E-state index in [2.05, 4.69) is 20.8 Å². The van der Waals surface area contributed by atoms with E-state index in [1.54, 1.807) is 6.08 Å². The number of aliphatic hydroxyl groups is 2. The van der Waals surface area contributed by atoms with Gasteiger partial charge in [0.2, 0.25) is 0 Å². The van der Waals surface area contributed by atoms with E-state index in [1.165, 1.54) is 0 Å². The smallest absolute Gasteiger partial charge is 0.159 e. The first-order chi connectivity index (χ1) is 8.22. The Labute approximate surface area is 109 Å². The van der Waals surface area contributed by atoms with E-state index < -0.39 is 0 Å². The van der Waals surface area contributed by atoms with E-state index in [-0.39, 0.29) is 41.2 Å². The summed E-state index contributed by atoms with van der Waals surface area (Å²) in [6, 6.07) is 0. The average Bonchev–Trinajstić information content (AvgIpc) is 2.12. The molecule has 0 heterocycles. The van der Waals surface area contributed by atoms with Crippen molar-refractivity contribution in [1.82, 2.24) is 0 Å². The Morgan fingerprint density at radius 2 is 1.94 bits per heavy atom. The number of carbonyl (C=O) groups excluding carboxylic acids is 1. The number of aliphatic hydroxyl groups excluding tert-OH is 2. The molecule has 3 heteroatoms. The second-order valence-corrected chi connectivity index (χ2v) is 7.02. The summed E-state index contributed by atoms with van der Waals surface area (Å²) in [5.74, 6) is 0.0419. The minimum atomic E-state index is -0.381. The standard InChI is InChI=1S/C15H24O3/c1-9-5-12(18)13-14(2,3)6-10(17)7-15(13,4)11(9)8-16/h5,10-11,13,16-17H,6-8H2,1-4H3/t10-,11-,13+,15-/m1/s1. The van der Waals surface area contributed by atoms with Crippen molar-refractivity contribution in [3.8, 4) is 0 Å². The van der Waals surface area contributed by atoms with Gasteiger partial charge >= 0.3 is 0 Å². The van der Waals surface area contributed by atoms with E-state index in [4.69, 9.17) is 0 Å². The van der Waals surface area contributed by atoms with Crippen molar-refractivity contribution in [3.05, 3.63) is 11.6 Å². The predicted octanol–water partition coefficient (Wildman–Crippen LogP) is 1.93. The Hall–Kier alpha value is -0.670. The van der Waals surface area contributed by atoms with Crippen molar-refractivity contribution in [1.29, 1.82) is 0 Å². The molecule has 0 aromatic carbocycles. The minimum absolute atomic E-state index is 0.0191. The number of fused-ring (bicyclic) bond motifs is 1. The van der Waals surface area contributed by atoms with Gasteiger partial charge in [-0.15, -0.1) is 0 Å². The van der Waals surface area contributed by atoms with Gasteiger partial charge < -0.3 is 10.2 Å². The molecule has 0 saturated heterocycles. The minimum Gasteiger partial charge on any atom is -0.396 e. The number of hydrogen-bond donors (Lipinski definition) is 2. The summed E-state index contributed by atoms with van der Waals surface area (Å²) in [4.78, 5) is 12.4. The van der Waals surface area contributed by atoms with Crippen LogP contribution in [-0.4, -0.2) is 28.7 Å². The van der Waals surface area contributed by atoms with Crippen LogP contribution in [0.5, 0.6) is 0 Å². The summed E-state index contributed by atoms with van der Waals surface area (Å²) >= 11 is 0. The lowest BCUT2D eigenvalue weighted by atomic mass is 9.48. The zero-order valence-corrected chi connectivity index (χ0v) is 11.7. The third kappa shape index (κ3) is 1.84. The van der Waals surface area contributed by atoms with E-state index >= 15 is 0 Å². The van der Waals surface area contributed by atoms with Crippen molar-refractivity contribution in [2.45, 2.75) is 46.6 Å². The highest BCUT2D eigenvalue weighted by Gasteiger charge is 2.57. The summed E-state index contributed by atoms with van der Waals surface area (Å²) in [6.07, 6.45) is 2.58. The van der Waals surface area contributed by atoms with Crippen molar-refractivity contribution in [2.75, 3.05) is 6.61 Å². The van der Waals surface area contributed by atoms with Gasteiger partial charge in [-0.2, -0.15) is 0 Å². The lowest BCUT2D eigenvalue weighted by Crippen LogP contribution is -2.56. The van der Waals surface area contributed by atoms with Crippen LogP contribution in [0.4, 0.5) is 0 Å². The summed E-state index contributed by atoms with van der Waals surface area (Å²) in [5.41, 5.74) is 0.408. The van der Waals surface area contributed by atoms with Gasteiger partial charge in [0.15, 0.2) is 5.78 Å². The molecule has 2 aliphatic carbocycles. The molecule has 4 atom stereocenters. The number of hydrogen-bond acceptors (Lipinski definition) is 3. The maximum atomic E-state index is 12.4. The first-order valence-electron chi connectivity index (χ1n) is 6.73. The van der Waals surface area contributed by atoms with Gasteiger partial charge in [0.25, 0.3) is 0 Å². The van der Waals surface area contributed by atoms with Crippen molar-refractivity contribution >= 4 is 5.78 Å². The molecule has 2 rings (SSSR count). The summed E-state index contributed by atoms with van der Waals surface area (Å²) in [6.45, 7) is 8.12. The lowest BCUT2D eigenvalue weighted by molar-refractivity contribution is -0.146. The third-order valence-electron chi connectivity index (χ3n) is 5.06. The van der Waals surface area contributed by atoms with Crippen LogP contribution in [0.1, 0.15) is 40.5 Å². The highest BCUT2D eigenvalue weighted by atomic mass is 16.3.